The summed E-state index contributed by atoms with van der Waals surface area (Å²) in [6.45, 7) is 0.576. The Morgan fingerprint density at radius 2 is 2.11 bits per heavy atom. The van der Waals surface area contributed by atoms with Crippen LogP contribution in [0.5, 0.6) is 0 Å². The minimum Gasteiger partial charge on any atom is -0.363 e. The molecule has 0 saturated carbocycles. The number of hydrazine groups is 1. The Bertz CT molecular complexity index is 1050. The van der Waals surface area contributed by atoms with Gasteiger partial charge in [0.15, 0.2) is 12.7 Å². The lowest BCUT2D eigenvalue weighted by Gasteiger charge is -2.09. The first kappa shape index (κ1) is 19.1. The maximum Gasteiger partial charge on any atom is 0.446 e. The van der Waals surface area contributed by atoms with Crippen LogP contribution in [-0.4, -0.2) is 45.0 Å². The minimum absolute atomic E-state index is 0.0237. The number of halogens is 3. The fourth-order valence-electron chi connectivity index (χ4n) is 2.28. The van der Waals surface area contributed by atoms with E-state index in [1.807, 2.05) is 0 Å². The van der Waals surface area contributed by atoms with Crippen molar-refractivity contribution in [3.8, 4) is 17.2 Å². The third-order valence-corrected chi connectivity index (χ3v) is 3.46. The number of aromatic nitrogens is 4. The van der Waals surface area contributed by atoms with E-state index in [1.54, 1.807) is 7.05 Å². The highest BCUT2D eigenvalue weighted by atomic mass is 19.4. The van der Waals surface area contributed by atoms with Gasteiger partial charge in [-0.3, -0.25) is 4.52 Å². The van der Waals surface area contributed by atoms with Crippen molar-refractivity contribution in [2.75, 3.05) is 25.5 Å². The van der Waals surface area contributed by atoms with Gasteiger partial charge < -0.3 is 5.32 Å². The lowest BCUT2D eigenvalue weighted by atomic mass is 10.2. The van der Waals surface area contributed by atoms with Crippen LogP contribution >= 0.6 is 0 Å². The SMILES string of the molecule is C[N+](N)=NCCNc1nonc1-c1noc(=O)n1-c1cccc(C(F)(F)F)c1. The molecule has 0 unspecified atom stereocenters. The van der Waals surface area contributed by atoms with Gasteiger partial charge in [0, 0.05) is 6.54 Å². The topological polar surface area (TPSA) is 140 Å². The lowest BCUT2D eigenvalue weighted by molar-refractivity contribution is -0.578. The molecule has 0 aliphatic rings. The maximum atomic E-state index is 13.0. The number of nitrogens with zero attached hydrogens (tertiary/aromatic N) is 6. The van der Waals surface area contributed by atoms with Crippen LogP contribution < -0.4 is 16.9 Å². The summed E-state index contributed by atoms with van der Waals surface area (Å²) in [5, 5.41) is 17.6. The zero-order valence-electron chi connectivity index (χ0n) is 14.3. The summed E-state index contributed by atoms with van der Waals surface area (Å²) >= 11 is 0. The molecule has 0 aliphatic heterocycles. The van der Waals surface area contributed by atoms with Gasteiger partial charge in [0.25, 0.3) is 0 Å². The number of rotatable bonds is 6. The third-order valence-electron chi connectivity index (χ3n) is 3.46. The molecule has 0 fully saturated rings. The Hall–Kier alpha value is -3.71. The number of hydrogen-bond donors (Lipinski definition) is 2. The molecular weight excluding hydrogens is 385 g/mol. The highest BCUT2D eigenvalue weighted by Crippen LogP contribution is 2.31. The zero-order chi connectivity index (χ0) is 20.3. The molecule has 0 aliphatic carbocycles. The molecule has 2 aromatic heterocycles. The van der Waals surface area contributed by atoms with Gasteiger partial charge in [-0.2, -0.15) is 19.0 Å². The van der Waals surface area contributed by atoms with E-state index in [4.69, 9.17) is 5.84 Å². The molecule has 3 aromatic rings. The van der Waals surface area contributed by atoms with Crippen LogP contribution in [-0.2, 0) is 6.18 Å². The van der Waals surface area contributed by atoms with Crippen LogP contribution in [0.3, 0.4) is 0 Å². The van der Waals surface area contributed by atoms with E-state index in [2.05, 4.69) is 35.1 Å². The smallest absolute Gasteiger partial charge is 0.363 e. The fraction of sp³-hybridized carbons (Fsp3) is 0.286. The second kappa shape index (κ2) is 7.50. The fourth-order valence-corrected chi connectivity index (χ4v) is 2.28. The second-order valence-corrected chi connectivity index (χ2v) is 5.48. The molecule has 0 amide bonds. The van der Waals surface area contributed by atoms with Gasteiger partial charge in [-0.25, -0.2) is 14.0 Å². The van der Waals surface area contributed by atoms with Crippen molar-refractivity contribution in [1.82, 2.24) is 20.0 Å². The predicted octanol–water partition coefficient (Wildman–Crippen LogP) is 1.27. The molecule has 2 heterocycles. The van der Waals surface area contributed by atoms with E-state index in [9.17, 15) is 18.0 Å². The first-order chi connectivity index (χ1) is 13.3. The number of anilines is 1. The predicted molar refractivity (Wildman–Crippen MR) is 86.6 cm³/mol. The zero-order valence-corrected chi connectivity index (χ0v) is 14.3. The number of alkyl halides is 3. The number of benzene rings is 1. The Morgan fingerprint density at radius 1 is 1.32 bits per heavy atom. The van der Waals surface area contributed by atoms with Crippen LogP contribution in [0, 0.1) is 0 Å². The van der Waals surface area contributed by atoms with Crippen LogP contribution in [0.25, 0.3) is 17.2 Å². The molecule has 1 aromatic carbocycles. The number of azo groups is 1. The van der Waals surface area contributed by atoms with Gasteiger partial charge in [-0.05, 0) is 38.4 Å². The van der Waals surface area contributed by atoms with Crippen molar-refractivity contribution < 1.29 is 27.1 Å². The summed E-state index contributed by atoms with van der Waals surface area (Å²) in [5.74, 6) is 4.28. The summed E-state index contributed by atoms with van der Waals surface area (Å²) in [7, 11) is 1.55. The van der Waals surface area contributed by atoms with Crippen LogP contribution in [0.1, 0.15) is 5.56 Å². The standard InChI is InChI=1S/C14H14F3N8O3/c1-24(18)20-6-5-19-11-10(21-28-22-11)12-23-27-13(26)25(12)9-4-2-3-8(7-9)14(15,16)17/h2-4,7H,5-6H2,1H3,(H2,18,20)(H,19,22)/q+1. The van der Waals surface area contributed by atoms with E-state index < -0.39 is 17.5 Å². The number of nitrogens with one attached hydrogen (secondary N) is 1. The molecule has 0 radical (unpaired) electrons. The minimum atomic E-state index is -4.58. The van der Waals surface area contributed by atoms with Gasteiger partial charge in [0.1, 0.15) is 6.54 Å². The van der Waals surface area contributed by atoms with Gasteiger partial charge in [0.2, 0.25) is 11.6 Å². The summed E-state index contributed by atoms with van der Waals surface area (Å²) in [6, 6.07) is 4.13. The van der Waals surface area contributed by atoms with Crippen molar-refractivity contribution in [2.45, 2.75) is 6.18 Å². The van der Waals surface area contributed by atoms with Crippen molar-refractivity contribution in [1.29, 1.82) is 0 Å². The molecule has 0 saturated heterocycles. The molecular formula is C14H14F3N8O3+. The maximum absolute atomic E-state index is 13.0. The van der Waals surface area contributed by atoms with E-state index in [0.717, 1.165) is 27.6 Å². The Labute approximate surface area is 154 Å². The normalized spacial score (nSPS) is 12.4. The summed E-state index contributed by atoms with van der Waals surface area (Å²) in [6.07, 6.45) is -4.58. The highest BCUT2D eigenvalue weighted by Gasteiger charge is 2.31. The average molecular weight is 399 g/mol. The van der Waals surface area contributed by atoms with E-state index >= 15 is 0 Å². The molecule has 148 valence electrons. The molecule has 3 rings (SSSR count). The lowest BCUT2D eigenvalue weighted by Crippen LogP contribution is -2.16. The largest absolute Gasteiger partial charge is 0.446 e. The van der Waals surface area contributed by atoms with E-state index in [0.29, 0.717) is 6.54 Å². The van der Waals surface area contributed by atoms with Gasteiger partial charge in [0.05, 0.1) is 11.3 Å². The quantitative estimate of drug-likeness (QED) is 0.208. The van der Waals surface area contributed by atoms with Crippen molar-refractivity contribution in [2.24, 2.45) is 11.0 Å². The average Bonchev–Trinajstić information content (AvgIpc) is 3.24. The molecule has 28 heavy (non-hydrogen) atoms. The Balaban J connectivity index is 1.96. The van der Waals surface area contributed by atoms with Crippen molar-refractivity contribution in [3.05, 3.63) is 40.4 Å². The molecule has 0 atom stereocenters. The highest BCUT2D eigenvalue weighted by molar-refractivity contribution is 5.66. The molecule has 3 N–H and O–H groups in total. The number of nitrogens with two attached hydrogens (primary N) is 1. The molecule has 11 nitrogen and oxygen atoms in total. The monoisotopic (exact) mass is 399 g/mol. The van der Waals surface area contributed by atoms with Crippen LogP contribution in [0.2, 0.25) is 0 Å². The first-order valence-electron chi connectivity index (χ1n) is 7.76. The summed E-state index contributed by atoms with van der Waals surface area (Å²) < 4.78 is 49.0. The van der Waals surface area contributed by atoms with Crippen LogP contribution in [0.15, 0.2) is 43.3 Å². The van der Waals surface area contributed by atoms with Gasteiger partial charge in [-0.15, -0.1) is 0 Å². The molecule has 0 bridgehead atoms. The van der Waals surface area contributed by atoms with Crippen LogP contribution in [0.4, 0.5) is 19.0 Å². The second-order valence-electron chi connectivity index (χ2n) is 5.48. The van der Waals surface area contributed by atoms with Crippen molar-refractivity contribution in [3.63, 3.8) is 0 Å². The first-order valence-corrected chi connectivity index (χ1v) is 7.76. The molecule has 0 spiro atoms. The summed E-state index contributed by atoms with van der Waals surface area (Å²) in [4.78, 5) is 13.2. The van der Waals surface area contributed by atoms with E-state index in [1.165, 1.54) is 6.07 Å². The van der Waals surface area contributed by atoms with Gasteiger partial charge in [-0.1, -0.05) is 11.2 Å². The Kier molecular flexibility index (Phi) is 5.10. The Morgan fingerprint density at radius 3 is 2.82 bits per heavy atom. The van der Waals surface area contributed by atoms with Gasteiger partial charge >= 0.3 is 11.9 Å². The summed E-state index contributed by atoms with van der Waals surface area (Å²) in [5.41, 5.74) is -1.07. The molecule has 14 heteroatoms. The number of hydrogen-bond acceptors (Lipinski definition) is 8. The van der Waals surface area contributed by atoms with E-state index in [-0.39, 0.29) is 29.6 Å². The third kappa shape index (κ3) is 3.99. The van der Waals surface area contributed by atoms with Crippen molar-refractivity contribution >= 4 is 5.82 Å².